The van der Waals surface area contributed by atoms with Crippen molar-refractivity contribution in [1.29, 1.82) is 0 Å². The van der Waals surface area contributed by atoms with Gasteiger partial charge in [-0.1, -0.05) is 6.92 Å². The number of hydrogen-bond acceptors (Lipinski definition) is 4. The fourth-order valence-electron chi connectivity index (χ4n) is 5.00. The minimum atomic E-state index is -5.24. The summed E-state index contributed by atoms with van der Waals surface area (Å²) in [6, 6.07) is 2.09. The zero-order chi connectivity index (χ0) is 30.9. The number of hydrogen-bond donors (Lipinski definition) is 0. The summed E-state index contributed by atoms with van der Waals surface area (Å²) in [7, 11) is 0. The Balaban J connectivity index is 2.37. The number of esters is 1. The molecule has 0 radical (unpaired) electrons. The van der Waals surface area contributed by atoms with Crippen molar-refractivity contribution in [3.05, 3.63) is 64.2 Å². The van der Waals surface area contributed by atoms with Gasteiger partial charge in [-0.25, -0.2) is 4.79 Å². The fraction of sp³-hybridized carbons (Fsp3) is 0.481. The van der Waals surface area contributed by atoms with Gasteiger partial charge in [-0.15, -0.1) is 0 Å². The molecule has 0 saturated heterocycles. The lowest BCUT2D eigenvalue weighted by atomic mass is 9.73. The Hall–Kier alpha value is -3.45. The summed E-state index contributed by atoms with van der Waals surface area (Å²) >= 11 is 0. The predicted octanol–water partition coefficient (Wildman–Crippen LogP) is 8.32. The molecule has 1 aliphatic rings. The van der Waals surface area contributed by atoms with E-state index in [1.807, 2.05) is 0 Å². The van der Waals surface area contributed by atoms with E-state index < -0.39 is 70.7 Å². The number of carbonyl (C=O) groups excluding carboxylic acids is 2. The number of halogens is 9. The van der Waals surface area contributed by atoms with E-state index in [-0.39, 0.29) is 43.4 Å². The number of amides is 1. The molecule has 226 valence electrons. The van der Waals surface area contributed by atoms with E-state index in [2.05, 4.69) is 0 Å². The number of fused-ring (bicyclic) bond motifs is 1. The van der Waals surface area contributed by atoms with Crippen LogP contribution >= 0.6 is 0 Å². The summed E-state index contributed by atoms with van der Waals surface area (Å²) in [5, 5.41) is 0. The number of nitrogens with zero attached hydrogens (tertiary/aromatic N) is 1. The maximum absolute atomic E-state index is 13.7. The molecule has 1 heterocycles. The first kappa shape index (κ1) is 32.1. The van der Waals surface area contributed by atoms with Crippen LogP contribution < -0.4 is 4.90 Å². The molecule has 0 spiro atoms. The van der Waals surface area contributed by atoms with E-state index in [4.69, 9.17) is 9.47 Å². The van der Waals surface area contributed by atoms with Crippen LogP contribution in [0.15, 0.2) is 36.4 Å². The Morgan fingerprint density at radius 3 is 1.80 bits per heavy atom. The largest absolute Gasteiger partial charge is 0.466 e. The molecular weight excluding hydrogens is 573 g/mol. The van der Waals surface area contributed by atoms with Crippen molar-refractivity contribution in [1.82, 2.24) is 0 Å². The Morgan fingerprint density at radius 2 is 1.34 bits per heavy atom. The summed E-state index contributed by atoms with van der Waals surface area (Å²) in [6.45, 7) is 4.09. The van der Waals surface area contributed by atoms with Crippen LogP contribution in [-0.4, -0.2) is 31.3 Å². The Kier molecular flexibility index (Phi) is 9.23. The second kappa shape index (κ2) is 11.8. The Bertz CT molecular complexity index is 1240. The monoisotopic (exact) mass is 599 g/mol. The lowest BCUT2D eigenvalue weighted by Crippen LogP contribution is -2.46. The molecule has 3 rings (SSSR count). The van der Waals surface area contributed by atoms with Crippen LogP contribution in [0, 0.1) is 0 Å². The number of benzene rings is 2. The van der Waals surface area contributed by atoms with Crippen LogP contribution in [0.5, 0.6) is 0 Å². The molecule has 0 fully saturated rings. The summed E-state index contributed by atoms with van der Waals surface area (Å²) < 4.78 is 133. The van der Waals surface area contributed by atoms with Gasteiger partial charge in [0.25, 0.3) is 0 Å². The van der Waals surface area contributed by atoms with E-state index >= 15 is 0 Å². The topological polar surface area (TPSA) is 55.8 Å². The molecular formula is C27H26F9NO4. The van der Waals surface area contributed by atoms with Crippen molar-refractivity contribution >= 4 is 17.7 Å². The third kappa shape index (κ3) is 6.89. The summed E-state index contributed by atoms with van der Waals surface area (Å²) in [4.78, 5) is 27.2. The van der Waals surface area contributed by atoms with Gasteiger partial charge in [-0.2, -0.15) is 39.5 Å². The molecule has 0 N–H and O–H groups in total. The highest BCUT2D eigenvalue weighted by Gasteiger charge is 2.46. The van der Waals surface area contributed by atoms with Crippen LogP contribution in [0.3, 0.4) is 0 Å². The lowest BCUT2D eigenvalue weighted by Gasteiger charge is -2.42. The molecule has 0 bridgehead atoms. The molecule has 3 atom stereocenters. The second-order valence-corrected chi connectivity index (χ2v) is 9.31. The average molecular weight is 599 g/mol. The van der Waals surface area contributed by atoms with Crippen LogP contribution in [0.4, 0.5) is 50.0 Å². The molecule has 0 unspecified atom stereocenters. The first-order valence-corrected chi connectivity index (χ1v) is 12.6. The van der Waals surface area contributed by atoms with Gasteiger partial charge in [0.15, 0.2) is 0 Å². The van der Waals surface area contributed by atoms with E-state index in [0.717, 1.165) is 11.0 Å². The van der Waals surface area contributed by atoms with Crippen molar-refractivity contribution in [2.45, 2.75) is 70.0 Å². The molecule has 1 aliphatic heterocycles. The highest BCUT2D eigenvalue weighted by molar-refractivity contribution is 5.91. The van der Waals surface area contributed by atoms with Gasteiger partial charge >= 0.3 is 30.6 Å². The summed E-state index contributed by atoms with van der Waals surface area (Å²) in [6.07, 6.45) is -16.4. The minimum Gasteiger partial charge on any atom is -0.466 e. The zero-order valence-electron chi connectivity index (χ0n) is 22.0. The fourth-order valence-corrected chi connectivity index (χ4v) is 5.00. The molecule has 1 amide bonds. The maximum atomic E-state index is 13.7. The molecule has 5 nitrogen and oxygen atoms in total. The standard InChI is InChI=1S/C27H26F9NO4/c1-4-18-13-20(19-12-15(25(28,29)30)7-8-21(19)37(18)24(39)41-6-3)22(23(38)40-5-2)14-9-16(26(31,32)33)11-17(10-14)27(34,35)36/h7-12,18,20,22H,4-6,13H2,1-3H3/t18-,20-,22+/m1/s1. The first-order valence-electron chi connectivity index (χ1n) is 12.6. The van der Waals surface area contributed by atoms with Gasteiger partial charge in [0, 0.05) is 12.0 Å². The van der Waals surface area contributed by atoms with Gasteiger partial charge < -0.3 is 9.47 Å². The molecule has 0 aliphatic carbocycles. The molecule has 2 aromatic rings. The van der Waals surface area contributed by atoms with Gasteiger partial charge in [-0.3, -0.25) is 9.69 Å². The number of anilines is 1. The van der Waals surface area contributed by atoms with Crippen molar-refractivity contribution in [3.63, 3.8) is 0 Å². The highest BCUT2D eigenvalue weighted by Crippen LogP contribution is 2.50. The highest BCUT2D eigenvalue weighted by atomic mass is 19.4. The number of rotatable bonds is 6. The minimum absolute atomic E-state index is 0.0823. The third-order valence-electron chi connectivity index (χ3n) is 6.75. The van der Waals surface area contributed by atoms with Crippen molar-refractivity contribution < 1.29 is 58.6 Å². The zero-order valence-corrected chi connectivity index (χ0v) is 22.0. The van der Waals surface area contributed by atoms with Crippen molar-refractivity contribution in [2.75, 3.05) is 18.1 Å². The smallest absolute Gasteiger partial charge is 0.416 e. The van der Waals surface area contributed by atoms with E-state index in [0.29, 0.717) is 24.3 Å². The van der Waals surface area contributed by atoms with E-state index in [9.17, 15) is 49.1 Å². The molecule has 0 saturated carbocycles. The van der Waals surface area contributed by atoms with E-state index in [1.165, 1.54) is 13.8 Å². The predicted molar refractivity (Wildman–Crippen MR) is 128 cm³/mol. The number of alkyl halides is 9. The molecule has 0 aromatic heterocycles. The number of ether oxygens (including phenoxy) is 2. The van der Waals surface area contributed by atoms with Gasteiger partial charge in [0.1, 0.15) is 0 Å². The summed E-state index contributed by atoms with van der Waals surface area (Å²) in [5.41, 5.74) is -5.71. The van der Waals surface area contributed by atoms with Crippen LogP contribution in [-0.2, 0) is 32.8 Å². The molecule has 41 heavy (non-hydrogen) atoms. The Morgan fingerprint density at radius 1 is 0.805 bits per heavy atom. The third-order valence-corrected chi connectivity index (χ3v) is 6.75. The van der Waals surface area contributed by atoms with Crippen molar-refractivity contribution in [2.24, 2.45) is 0 Å². The van der Waals surface area contributed by atoms with E-state index in [1.54, 1.807) is 6.92 Å². The van der Waals surface area contributed by atoms with Gasteiger partial charge in [0.2, 0.25) is 0 Å². The van der Waals surface area contributed by atoms with Crippen molar-refractivity contribution in [3.8, 4) is 0 Å². The van der Waals surface area contributed by atoms with Crippen LogP contribution in [0.25, 0.3) is 0 Å². The molecule has 2 aromatic carbocycles. The quantitative estimate of drug-likeness (QED) is 0.248. The van der Waals surface area contributed by atoms with Crippen LogP contribution in [0.2, 0.25) is 0 Å². The average Bonchev–Trinajstić information content (AvgIpc) is 2.86. The van der Waals surface area contributed by atoms with Gasteiger partial charge in [0.05, 0.1) is 41.5 Å². The molecule has 14 heteroatoms. The van der Waals surface area contributed by atoms with Gasteiger partial charge in [-0.05, 0) is 74.2 Å². The number of carbonyl (C=O) groups is 2. The Labute approximate surface area is 229 Å². The second-order valence-electron chi connectivity index (χ2n) is 9.31. The summed E-state index contributed by atoms with van der Waals surface area (Å²) in [5.74, 6) is -4.50. The maximum Gasteiger partial charge on any atom is 0.416 e. The SMILES string of the molecule is CCOC(=O)[C@@H](c1cc(C(F)(F)F)cc(C(F)(F)F)c1)[C@@H]1C[C@@H](CC)N(C(=O)OCC)c2ccc(C(F)(F)F)cc21. The normalized spacial score (nSPS) is 18.5. The lowest BCUT2D eigenvalue weighted by molar-refractivity contribution is -0.147. The first-order chi connectivity index (χ1) is 18.9. The van der Waals surface area contributed by atoms with Crippen LogP contribution in [0.1, 0.15) is 73.3 Å².